The number of nitrogens with zero attached hydrogens (tertiary/aromatic N) is 1. The summed E-state index contributed by atoms with van der Waals surface area (Å²) in [6.45, 7) is 14.1. The van der Waals surface area contributed by atoms with E-state index < -0.39 is 11.9 Å². The van der Waals surface area contributed by atoms with Crippen molar-refractivity contribution in [2.45, 2.75) is 47.1 Å². The Kier molecular flexibility index (Phi) is 7.94. The van der Waals surface area contributed by atoms with E-state index in [2.05, 4.69) is 37.9 Å². The number of benzene rings is 1. The summed E-state index contributed by atoms with van der Waals surface area (Å²) in [7, 11) is 0. The number of ether oxygens (including phenoxy) is 2. The fourth-order valence-corrected chi connectivity index (χ4v) is 4.80. The van der Waals surface area contributed by atoms with Crippen LogP contribution in [0.3, 0.4) is 0 Å². The van der Waals surface area contributed by atoms with E-state index >= 15 is 0 Å². The number of hydrogen-bond acceptors (Lipinski definition) is 6. The van der Waals surface area contributed by atoms with E-state index in [1.165, 1.54) is 10.9 Å². The molecule has 8 heteroatoms. The second kappa shape index (κ2) is 10.7. The molecule has 2 aromatic heterocycles. The summed E-state index contributed by atoms with van der Waals surface area (Å²) in [5, 5.41) is 5.57. The van der Waals surface area contributed by atoms with E-state index in [0.29, 0.717) is 18.2 Å². The van der Waals surface area contributed by atoms with Crippen molar-refractivity contribution in [1.82, 2.24) is 4.57 Å². The lowest BCUT2D eigenvalue weighted by atomic mass is 10.0. The first-order chi connectivity index (χ1) is 16.2. The minimum atomic E-state index is -0.688. The molecule has 0 aliphatic carbocycles. The molecular weight excluding hydrogens is 452 g/mol. The van der Waals surface area contributed by atoms with Gasteiger partial charge in [0.05, 0.1) is 18.8 Å². The maximum absolute atomic E-state index is 13.5. The van der Waals surface area contributed by atoms with Crippen LogP contribution in [-0.4, -0.2) is 35.6 Å². The standard InChI is InChI=1S/C26H30N2O5S/c1-7-12-28-20-11-10-17(15(4)5)13-18(20)16(6)22(28)23(29)27-24-21(26(31)33-9-3)19(14-34-24)25(30)32-8-2/h7,10-11,13-15H,1,8-9,12H2,2-6H3,(H,27,29). The zero-order valence-electron chi connectivity index (χ0n) is 20.2. The first kappa shape index (κ1) is 25.2. The zero-order chi connectivity index (χ0) is 25.0. The summed E-state index contributed by atoms with van der Waals surface area (Å²) in [6, 6.07) is 6.20. The molecule has 0 unspecified atom stereocenters. The molecule has 1 amide bonds. The summed E-state index contributed by atoms with van der Waals surface area (Å²) in [6.07, 6.45) is 1.74. The molecule has 0 spiro atoms. The van der Waals surface area contributed by atoms with Gasteiger partial charge in [-0.15, -0.1) is 17.9 Å². The molecule has 0 fully saturated rings. The number of aryl methyl sites for hydroxylation is 1. The largest absolute Gasteiger partial charge is 0.462 e. The number of nitrogens with one attached hydrogen (secondary N) is 1. The lowest BCUT2D eigenvalue weighted by Crippen LogP contribution is -2.20. The van der Waals surface area contributed by atoms with Crippen LogP contribution in [0.15, 0.2) is 36.2 Å². The summed E-state index contributed by atoms with van der Waals surface area (Å²) in [5.41, 5.74) is 3.49. The summed E-state index contributed by atoms with van der Waals surface area (Å²) in [4.78, 5) is 38.6. The van der Waals surface area contributed by atoms with Crippen LogP contribution in [0.25, 0.3) is 10.9 Å². The van der Waals surface area contributed by atoms with Crippen molar-refractivity contribution < 1.29 is 23.9 Å². The van der Waals surface area contributed by atoms with Gasteiger partial charge in [0.2, 0.25) is 0 Å². The molecule has 0 atom stereocenters. The van der Waals surface area contributed by atoms with Crippen LogP contribution in [0, 0.1) is 6.92 Å². The second-order valence-corrected chi connectivity index (χ2v) is 8.93. The highest BCUT2D eigenvalue weighted by atomic mass is 32.1. The van der Waals surface area contributed by atoms with E-state index in [0.717, 1.165) is 27.8 Å². The fraction of sp³-hybridized carbons (Fsp3) is 0.346. The Hall–Kier alpha value is -3.39. The lowest BCUT2D eigenvalue weighted by molar-refractivity contribution is 0.0481. The minimum absolute atomic E-state index is 0.00442. The van der Waals surface area contributed by atoms with Gasteiger partial charge in [-0.1, -0.05) is 26.0 Å². The van der Waals surface area contributed by atoms with Gasteiger partial charge in [0.15, 0.2) is 0 Å². The average molecular weight is 483 g/mol. The van der Waals surface area contributed by atoms with Gasteiger partial charge in [0.25, 0.3) is 5.91 Å². The Labute approximate surface area is 203 Å². The second-order valence-electron chi connectivity index (χ2n) is 8.05. The number of hydrogen-bond donors (Lipinski definition) is 1. The van der Waals surface area contributed by atoms with E-state index in [1.54, 1.807) is 19.9 Å². The summed E-state index contributed by atoms with van der Waals surface area (Å²) >= 11 is 1.08. The number of thiophene rings is 1. The van der Waals surface area contributed by atoms with E-state index in [-0.39, 0.29) is 35.2 Å². The van der Waals surface area contributed by atoms with Crippen LogP contribution in [-0.2, 0) is 16.0 Å². The van der Waals surface area contributed by atoms with Gasteiger partial charge in [-0.2, -0.15) is 0 Å². The maximum Gasteiger partial charge on any atom is 0.342 e. The molecule has 180 valence electrons. The molecule has 0 saturated carbocycles. The predicted molar refractivity (Wildman–Crippen MR) is 135 cm³/mol. The SMILES string of the molecule is C=CCn1c(C(=O)Nc2scc(C(=O)OCC)c2C(=O)OCC)c(C)c2cc(C(C)C)ccc21. The van der Waals surface area contributed by atoms with Crippen molar-refractivity contribution in [2.75, 3.05) is 18.5 Å². The van der Waals surface area contributed by atoms with Crippen molar-refractivity contribution in [1.29, 1.82) is 0 Å². The maximum atomic E-state index is 13.5. The van der Waals surface area contributed by atoms with Gasteiger partial charge in [0, 0.05) is 22.8 Å². The molecule has 7 nitrogen and oxygen atoms in total. The van der Waals surface area contributed by atoms with Gasteiger partial charge in [0.1, 0.15) is 16.3 Å². The number of anilines is 1. The number of rotatable bonds is 9. The Morgan fingerprint density at radius 2 is 1.82 bits per heavy atom. The Bertz CT molecular complexity index is 1250. The van der Waals surface area contributed by atoms with Gasteiger partial charge in [-0.05, 0) is 49.9 Å². The molecule has 2 heterocycles. The number of fused-ring (bicyclic) bond motifs is 1. The molecule has 0 aliphatic rings. The van der Waals surface area contributed by atoms with Crippen LogP contribution in [0.2, 0.25) is 0 Å². The molecule has 1 aromatic carbocycles. The van der Waals surface area contributed by atoms with Crippen molar-refractivity contribution in [3.05, 3.63) is 64.2 Å². The van der Waals surface area contributed by atoms with Crippen LogP contribution in [0.1, 0.15) is 75.9 Å². The first-order valence-electron chi connectivity index (χ1n) is 11.3. The molecule has 3 aromatic rings. The Balaban J connectivity index is 2.09. The average Bonchev–Trinajstić information content (AvgIpc) is 3.33. The van der Waals surface area contributed by atoms with E-state index in [1.807, 2.05) is 17.6 Å². The van der Waals surface area contributed by atoms with Crippen molar-refractivity contribution in [3.8, 4) is 0 Å². The van der Waals surface area contributed by atoms with Crippen molar-refractivity contribution in [3.63, 3.8) is 0 Å². The van der Waals surface area contributed by atoms with Crippen LogP contribution >= 0.6 is 11.3 Å². The number of aromatic nitrogens is 1. The normalized spacial score (nSPS) is 11.0. The van der Waals surface area contributed by atoms with Gasteiger partial charge < -0.3 is 19.4 Å². The number of esters is 2. The smallest absolute Gasteiger partial charge is 0.342 e. The monoisotopic (exact) mass is 482 g/mol. The van der Waals surface area contributed by atoms with Crippen LogP contribution in [0.4, 0.5) is 5.00 Å². The fourth-order valence-electron chi connectivity index (χ4n) is 3.89. The van der Waals surface area contributed by atoms with Gasteiger partial charge >= 0.3 is 11.9 Å². The van der Waals surface area contributed by atoms with Crippen LogP contribution in [0.5, 0.6) is 0 Å². The van der Waals surface area contributed by atoms with E-state index in [9.17, 15) is 14.4 Å². The highest BCUT2D eigenvalue weighted by Gasteiger charge is 2.28. The molecular formula is C26H30N2O5S. The number of allylic oxidation sites excluding steroid dienone is 1. The topological polar surface area (TPSA) is 86.6 Å². The predicted octanol–water partition coefficient (Wildman–Crippen LogP) is 5.93. The summed E-state index contributed by atoms with van der Waals surface area (Å²) in [5.74, 6) is -1.36. The van der Waals surface area contributed by atoms with Crippen LogP contribution < -0.4 is 5.32 Å². The summed E-state index contributed by atoms with van der Waals surface area (Å²) < 4.78 is 12.1. The molecule has 0 radical (unpaired) electrons. The lowest BCUT2D eigenvalue weighted by Gasteiger charge is -2.11. The first-order valence-corrected chi connectivity index (χ1v) is 12.1. The number of amides is 1. The molecule has 0 saturated heterocycles. The molecule has 3 rings (SSSR count). The number of carbonyl (C=O) groups excluding carboxylic acids is 3. The third-order valence-electron chi connectivity index (χ3n) is 5.53. The highest BCUT2D eigenvalue weighted by molar-refractivity contribution is 7.15. The quantitative estimate of drug-likeness (QED) is 0.302. The Morgan fingerprint density at radius 3 is 2.44 bits per heavy atom. The third-order valence-corrected chi connectivity index (χ3v) is 6.42. The molecule has 1 N–H and O–H groups in total. The highest BCUT2D eigenvalue weighted by Crippen LogP contribution is 2.33. The molecule has 0 bridgehead atoms. The van der Waals surface area contributed by atoms with Gasteiger partial charge in [-0.25, -0.2) is 9.59 Å². The van der Waals surface area contributed by atoms with Crippen molar-refractivity contribution >= 4 is 45.1 Å². The number of carbonyl (C=O) groups is 3. The Morgan fingerprint density at radius 1 is 1.15 bits per heavy atom. The van der Waals surface area contributed by atoms with Gasteiger partial charge in [-0.3, -0.25) is 4.79 Å². The minimum Gasteiger partial charge on any atom is -0.462 e. The van der Waals surface area contributed by atoms with E-state index in [4.69, 9.17) is 9.47 Å². The molecule has 34 heavy (non-hydrogen) atoms. The zero-order valence-corrected chi connectivity index (χ0v) is 21.0. The molecule has 0 aliphatic heterocycles. The van der Waals surface area contributed by atoms with Crippen molar-refractivity contribution in [2.24, 2.45) is 0 Å². The third kappa shape index (κ3) is 4.77.